The van der Waals surface area contributed by atoms with Crippen LogP contribution in [0, 0.1) is 0 Å². The molecule has 14 heteroatoms. The van der Waals surface area contributed by atoms with E-state index in [2.05, 4.69) is 36.1 Å². The summed E-state index contributed by atoms with van der Waals surface area (Å²) in [5.74, 6) is 1.28. The Bertz CT molecular complexity index is 1510. The molecule has 2 saturated heterocycles. The van der Waals surface area contributed by atoms with Crippen molar-refractivity contribution >= 4 is 29.3 Å². The number of carbonyl (C=O) groups excluding carboxylic acids is 1. The summed E-state index contributed by atoms with van der Waals surface area (Å²) in [6.45, 7) is 7.23. The molecule has 2 aliphatic heterocycles. The Morgan fingerprint density at radius 1 is 0.860 bits per heavy atom. The maximum atomic E-state index is 12.5. The van der Waals surface area contributed by atoms with Gasteiger partial charge in [-0.05, 0) is 106 Å². The zero-order valence-electron chi connectivity index (χ0n) is 24.5. The maximum Gasteiger partial charge on any atom is 0.410 e. The highest BCUT2D eigenvalue weighted by atomic mass is 35.5. The molecule has 2 aromatic carbocycles. The second-order valence-electron chi connectivity index (χ2n) is 11.5. The Hall–Kier alpha value is -3.61. The Labute approximate surface area is 260 Å². The minimum absolute atomic E-state index is 0.225. The van der Waals surface area contributed by atoms with Crippen molar-refractivity contribution in [1.29, 1.82) is 0 Å². The highest BCUT2D eigenvalue weighted by Crippen LogP contribution is 2.30. The van der Waals surface area contributed by atoms with Crippen LogP contribution >= 0.6 is 23.2 Å². The topological polar surface area (TPSA) is 129 Å². The minimum atomic E-state index is -0.537. The van der Waals surface area contributed by atoms with Crippen LogP contribution in [0.3, 0.4) is 0 Å². The van der Waals surface area contributed by atoms with Gasteiger partial charge in [0.25, 0.3) is 0 Å². The van der Waals surface area contributed by atoms with Crippen LogP contribution in [-0.2, 0) is 4.74 Å². The quantitative estimate of drug-likeness (QED) is 0.294. The number of ether oxygens (including phenoxy) is 1. The summed E-state index contributed by atoms with van der Waals surface area (Å²) in [5.41, 5.74) is 1.02. The fourth-order valence-electron chi connectivity index (χ4n) is 4.95. The van der Waals surface area contributed by atoms with E-state index in [-0.39, 0.29) is 18.2 Å². The zero-order chi connectivity index (χ0) is 30.4. The minimum Gasteiger partial charge on any atom is -0.444 e. The second-order valence-corrected chi connectivity index (χ2v) is 12.4. The summed E-state index contributed by atoms with van der Waals surface area (Å²) in [6, 6.07) is 14.7. The number of hydrogen-bond donors (Lipinski definition) is 1. The number of nitrogens with one attached hydrogen (secondary N) is 1. The van der Waals surface area contributed by atoms with Crippen molar-refractivity contribution in [1.82, 2.24) is 50.6 Å². The number of hydrogen-bond acceptors (Lipinski definition) is 9. The SMILES string of the molecule is CC(C)(C)OC(=O)N1CCCCC1c1nnn(-c2cccc(Cl)c2)n1.Clc1cccc(-n2nnc(C3CCCCN3)n2)c1. The third kappa shape index (κ3) is 8.27. The van der Waals surface area contributed by atoms with Gasteiger partial charge in [-0.2, -0.15) is 0 Å². The van der Waals surface area contributed by atoms with E-state index in [0.29, 0.717) is 22.4 Å². The molecule has 0 saturated carbocycles. The first-order valence-corrected chi connectivity index (χ1v) is 15.3. The summed E-state index contributed by atoms with van der Waals surface area (Å²) in [7, 11) is 0. The highest BCUT2D eigenvalue weighted by molar-refractivity contribution is 6.31. The molecule has 2 unspecified atom stereocenters. The molecule has 2 atom stereocenters. The third-order valence-electron chi connectivity index (χ3n) is 6.99. The molecule has 43 heavy (non-hydrogen) atoms. The summed E-state index contributed by atoms with van der Waals surface area (Å²) < 4.78 is 5.52. The van der Waals surface area contributed by atoms with Gasteiger partial charge in [0.2, 0.25) is 0 Å². The monoisotopic (exact) mass is 626 g/mol. The van der Waals surface area contributed by atoms with Crippen LogP contribution in [0.15, 0.2) is 48.5 Å². The second kappa shape index (κ2) is 13.8. The Morgan fingerprint density at radius 3 is 2.05 bits per heavy atom. The Morgan fingerprint density at radius 2 is 1.47 bits per heavy atom. The van der Waals surface area contributed by atoms with E-state index >= 15 is 0 Å². The number of nitrogens with zero attached hydrogens (tertiary/aromatic N) is 9. The third-order valence-corrected chi connectivity index (χ3v) is 7.46. The molecule has 1 amide bonds. The fraction of sp³-hybridized carbons (Fsp3) is 0.483. The largest absolute Gasteiger partial charge is 0.444 e. The van der Waals surface area contributed by atoms with Crippen molar-refractivity contribution in [2.24, 2.45) is 0 Å². The van der Waals surface area contributed by atoms with Crippen molar-refractivity contribution in [3.8, 4) is 11.4 Å². The maximum absolute atomic E-state index is 12.5. The van der Waals surface area contributed by atoms with Crippen LogP contribution in [0.4, 0.5) is 4.79 Å². The lowest BCUT2D eigenvalue weighted by atomic mass is 10.0. The van der Waals surface area contributed by atoms with Gasteiger partial charge in [0.1, 0.15) is 5.60 Å². The van der Waals surface area contributed by atoms with Crippen molar-refractivity contribution in [2.45, 2.75) is 77.0 Å². The van der Waals surface area contributed by atoms with E-state index in [1.165, 1.54) is 22.4 Å². The molecule has 0 bridgehead atoms. The molecular formula is C29H36Cl2N10O2. The lowest BCUT2D eigenvalue weighted by Gasteiger charge is -2.35. The van der Waals surface area contributed by atoms with Crippen molar-refractivity contribution < 1.29 is 9.53 Å². The van der Waals surface area contributed by atoms with Gasteiger partial charge in [-0.1, -0.05) is 41.8 Å². The van der Waals surface area contributed by atoms with Gasteiger partial charge in [-0.15, -0.1) is 30.0 Å². The predicted molar refractivity (Wildman–Crippen MR) is 162 cm³/mol. The van der Waals surface area contributed by atoms with Gasteiger partial charge >= 0.3 is 6.09 Å². The molecular weight excluding hydrogens is 591 g/mol. The molecule has 4 heterocycles. The van der Waals surface area contributed by atoms with Crippen LogP contribution in [-0.4, -0.2) is 70.1 Å². The number of halogens is 2. The zero-order valence-corrected chi connectivity index (χ0v) is 26.0. The van der Waals surface area contributed by atoms with Crippen molar-refractivity contribution in [3.05, 3.63) is 70.2 Å². The average molecular weight is 628 g/mol. The number of aromatic nitrogens is 8. The van der Waals surface area contributed by atoms with E-state index < -0.39 is 5.60 Å². The highest BCUT2D eigenvalue weighted by Gasteiger charge is 2.34. The van der Waals surface area contributed by atoms with E-state index in [1.54, 1.807) is 17.0 Å². The summed E-state index contributed by atoms with van der Waals surface area (Å²) >= 11 is 12.0. The van der Waals surface area contributed by atoms with Crippen LogP contribution in [0.2, 0.25) is 10.0 Å². The van der Waals surface area contributed by atoms with Gasteiger partial charge < -0.3 is 10.1 Å². The van der Waals surface area contributed by atoms with Crippen molar-refractivity contribution in [2.75, 3.05) is 13.1 Å². The smallest absolute Gasteiger partial charge is 0.410 e. The molecule has 2 aromatic heterocycles. The normalized spacial score (nSPS) is 19.0. The lowest BCUT2D eigenvalue weighted by molar-refractivity contribution is 0.00842. The van der Waals surface area contributed by atoms with E-state index in [4.69, 9.17) is 27.9 Å². The molecule has 12 nitrogen and oxygen atoms in total. The number of rotatable bonds is 4. The van der Waals surface area contributed by atoms with Gasteiger partial charge in [-0.3, -0.25) is 4.90 Å². The van der Waals surface area contributed by atoms with Crippen LogP contribution in [0.1, 0.15) is 83.0 Å². The predicted octanol–water partition coefficient (Wildman–Crippen LogP) is 5.91. The first kappa shape index (κ1) is 30.8. The first-order valence-electron chi connectivity index (χ1n) is 14.5. The van der Waals surface area contributed by atoms with E-state index in [9.17, 15) is 4.79 Å². The van der Waals surface area contributed by atoms with Gasteiger partial charge in [0, 0.05) is 16.6 Å². The average Bonchev–Trinajstić information content (AvgIpc) is 3.68. The lowest BCUT2D eigenvalue weighted by Crippen LogP contribution is -2.42. The number of piperidine rings is 2. The van der Waals surface area contributed by atoms with Crippen LogP contribution < -0.4 is 5.32 Å². The summed E-state index contributed by atoms with van der Waals surface area (Å²) in [4.78, 5) is 17.2. The molecule has 2 fully saturated rings. The molecule has 228 valence electrons. The van der Waals surface area contributed by atoms with Gasteiger partial charge in [0.15, 0.2) is 11.6 Å². The molecule has 0 radical (unpaired) electrons. The first-order chi connectivity index (χ1) is 20.7. The molecule has 6 rings (SSSR count). The summed E-state index contributed by atoms with van der Waals surface area (Å²) in [6.07, 6.45) is 5.91. The van der Waals surface area contributed by atoms with E-state index in [0.717, 1.165) is 49.4 Å². The summed E-state index contributed by atoms with van der Waals surface area (Å²) in [5, 5.41) is 30.0. The molecule has 4 aromatic rings. The number of benzene rings is 2. The molecule has 0 spiro atoms. The Kier molecular flexibility index (Phi) is 9.89. The Balaban J connectivity index is 0.000000180. The number of likely N-dealkylation sites (tertiary alicyclic amines) is 1. The standard InChI is InChI=1S/C17H22ClN5O2.C12H14ClN5/c1-17(2,3)25-16(24)22-10-5-4-9-14(22)15-19-21-23(20-15)13-8-6-7-12(18)11-13;13-9-4-3-5-10(8-9)18-16-12(15-17-18)11-6-1-2-7-14-11/h6-8,11,14H,4-5,9-10H2,1-3H3;3-5,8,11,14H,1-2,6-7H2. The number of amides is 1. The number of carbonyl (C=O) groups is 1. The van der Waals surface area contributed by atoms with Crippen LogP contribution in [0.5, 0.6) is 0 Å². The molecule has 1 N–H and O–H groups in total. The molecule has 2 aliphatic rings. The van der Waals surface area contributed by atoms with Gasteiger partial charge in [-0.25, -0.2) is 4.79 Å². The van der Waals surface area contributed by atoms with Crippen LogP contribution in [0.25, 0.3) is 11.4 Å². The fourth-order valence-corrected chi connectivity index (χ4v) is 5.32. The van der Waals surface area contributed by atoms with Crippen molar-refractivity contribution in [3.63, 3.8) is 0 Å². The number of tetrazole rings is 2. The van der Waals surface area contributed by atoms with E-state index in [1.807, 2.05) is 57.2 Å². The van der Waals surface area contributed by atoms with Gasteiger partial charge in [0.05, 0.1) is 23.5 Å². The molecule has 0 aliphatic carbocycles.